The lowest BCUT2D eigenvalue weighted by Crippen LogP contribution is -2.54. The van der Waals surface area contributed by atoms with E-state index in [1.54, 1.807) is 0 Å². The molecule has 1 aromatic rings. The van der Waals surface area contributed by atoms with Crippen LogP contribution in [0.1, 0.15) is 39.5 Å². The molecule has 1 saturated carbocycles. The number of hydrogen-bond donors (Lipinski definition) is 2. The van der Waals surface area contributed by atoms with E-state index in [9.17, 15) is 13.9 Å². The Kier molecular flexibility index (Phi) is 5.63. The first kappa shape index (κ1) is 16.7. The zero-order chi connectivity index (χ0) is 15.5. The van der Waals surface area contributed by atoms with Gasteiger partial charge in [-0.2, -0.15) is 0 Å². The van der Waals surface area contributed by atoms with Gasteiger partial charge in [-0.15, -0.1) is 11.8 Å². The highest BCUT2D eigenvalue weighted by molar-refractivity contribution is 8.00. The van der Waals surface area contributed by atoms with Crippen molar-refractivity contribution in [1.29, 1.82) is 0 Å². The fourth-order valence-corrected chi connectivity index (χ4v) is 4.46. The van der Waals surface area contributed by atoms with E-state index < -0.39 is 11.6 Å². The minimum absolute atomic E-state index is 0.0914. The molecule has 0 amide bonds. The third-order valence-electron chi connectivity index (χ3n) is 3.88. The number of rotatable bonds is 5. The van der Waals surface area contributed by atoms with E-state index in [2.05, 4.69) is 19.2 Å². The molecule has 1 fully saturated rings. The predicted molar refractivity (Wildman–Crippen MR) is 82.6 cm³/mol. The van der Waals surface area contributed by atoms with Gasteiger partial charge in [0.05, 0.1) is 6.61 Å². The molecule has 1 aliphatic rings. The van der Waals surface area contributed by atoms with Crippen LogP contribution in [0.2, 0.25) is 0 Å². The summed E-state index contributed by atoms with van der Waals surface area (Å²) in [6, 6.07) is 4.01. The van der Waals surface area contributed by atoms with Gasteiger partial charge in [-0.3, -0.25) is 0 Å². The van der Waals surface area contributed by atoms with E-state index in [1.165, 1.54) is 23.9 Å². The number of hydrogen-bond acceptors (Lipinski definition) is 3. The molecule has 2 N–H and O–H groups in total. The normalized spacial score (nSPS) is 26.3. The second-order valence-corrected chi connectivity index (χ2v) is 7.49. The second kappa shape index (κ2) is 7.07. The first-order valence-electron chi connectivity index (χ1n) is 7.44. The molecule has 1 aliphatic carbocycles. The van der Waals surface area contributed by atoms with E-state index in [0.717, 1.165) is 31.7 Å². The Morgan fingerprint density at radius 1 is 1.43 bits per heavy atom. The first-order chi connectivity index (χ1) is 9.94. The van der Waals surface area contributed by atoms with Gasteiger partial charge in [0.2, 0.25) is 0 Å². The van der Waals surface area contributed by atoms with Crippen molar-refractivity contribution < 1.29 is 13.9 Å². The lowest BCUT2D eigenvalue weighted by Gasteiger charge is -2.41. The van der Waals surface area contributed by atoms with Crippen LogP contribution in [0.15, 0.2) is 23.1 Å². The zero-order valence-corrected chi connectivity index (χ0v) is 13.4. The van der Waals surface area contributed by atoms with Crippen molar-refractivity contribution in [3.8, 4) is 0 Å². The van der Waals surface area contributed by atoms with Crippen LogP contribution in [0.25, 0.3) is 0 Å². The Morgan fingerprint density at radius 3 is 2.81 bits per heavy atom. The molecular weight excluding hydrogens is 292 g/mol. The van der Waals surface area contributed by atoms with Crippen molar-refractivity contribution in [1.82, 2.24) is 5.32 Å². The summed E-state index contributed by atoms with van der Waals surface area (Å²) in [5.41, 5.74) is -0.277. The fourth-order valence-electron chi connectivity index (χ4n) is 3.09. The molecule has 0 bridgehead atoms. The van der Waals surface area contributed by atoms with Crippen molar-refractivity contribution in [2.75, 3.05) is 6.61 Å². The second-order valence-electron chi connectivity index (χ2n) is 6.15. The molecule has 0 heterocycles. The summed E-state index contributed by atoms with van der Waals surface area (Å²) in [4.78, 5) is 0.486. The molecular formula is C16H23F2NOS. The molecule has 0 radical (unpaired) electrons. The Morgan fingerprint density at radius 2 is 2.19 bits per heavy atom. The minimum Gasteiger partial charge on any atom is -0.394 e. The van der Waals surface area contributed by atoms with Crippen LogP contribution in [-0.2, 0) is 0 Å². The fraction of sp³-hybridized carbons (Fsp3) is 0.625. The van der Waals surface area contributed by atoms with E-state index in [-0.39, 0.29) is 17.4 Å². The first-order valence-corrected chi connectivity index (χ1v) is 8.32. The molecule has 21 heavy (non-hydrogen) atoms. The monoisotopic (exact) mass is 315 g/mol. The minimum atomic E-state index is -0.549. The number of halogens is 2. The summed E-state index contributed by atoms with van der Waals surface area (Å²) in [7, 11) is 0. The number of aliphatic hydroxyl groups excluding tert-OH is 1. The van der Waals surface area contributed by atoms with Gasteiger partial charge in [0.15, 0.2) is 0 Å². The van der Waals surface area contributed by atoms with Crippen LogP contribution in [-0.4, -0.2) is 28.5 Å². The molecule has 2 atom stereocenters. The van der Waals surface area contributed by atoms with Gasteiger partial charge in [-0.05, 0) is 31.4 Å². The van der Waals surface area contributed by atoms with Crippen molar-refractivity contribution in [2.24, 2.45) is 0 Å². The highest BCUT2D eigenvalue weighted by Gasteiger charge is 2.36. The van der Waals surface area contributed by atoms with Crippen LogP contribution >= 0.6 is 11.8 Å². The van der Waals surface area contributed by atoms with Crippen LogP contribution in [0, 0.1) is 11.6 Å². The van der Waals surface area contributed by atoms with Crippen LogP contribution < -0.4 is 5.32 Å². The Hall–Kier alpha value is -0.650. The van der Waals surface area contributed by atoms with E-state index in [1.807, 2.05) is 0 Å². The van der Waals surface area contributed by atoms with Crippen LogP contribution in [0.5, 0.6) is 0 Å². The highest BCUT2D eigenvalue weighted by atomic mass is 32.2. The molecule has 5 heteroatoms. The van der Waals surface area contributed by atoms with Crippen molar-refractivity contribution in [3.63, 3.8) is 0 Å². The third-order valence-corrected chi connectivity index (χ3v) is 5.21. The molecule has 0 spiro atoms. The highest BCUT2D eigenvalue weighted by Crippen LogP contribution is 2.39. The number of nitrogens with one attached hydrogen (secondary N) is 1. The lowest BCUT2D eigenvalue weighted by atomic mass is 9.81. The maximum atomic E-state index is 13.8. The van der Waals surface area contributed by atoms with Crippen molar-refractivity contribution in [3.05, 3.63) is 29.8 Å². The van der Waals surface area contributed by atoms with Crippen LogP contribution in [0.3, 0.4) is 0 Å². The summed E-state index contributed by atoms with van der Waals surface area (Å²) in [5.74, 6) is -1.05. The Labute approximate surface area is 129 Å². The summed E-state index contributed by atoms with van der Waals surface area (Å²) in [5, 5.41) is 13.5. The van der Waals surface area contributed by atoms with E-state index in [0.29, 0.717) is 10.9 Å². The topological polar surface area (TPSA) is 32.3 Å². The molecule has 2 nitrogen and oxygen atoms in total. The summed E-state index contributed by atoms with van der Waals surface area (Å²) in [6.45, 7) is 4.22. The predicted octanol–water partition coefficient (Wildman–Crippen LogP) is 3.73. The maximum absolute atomic E-state index is 13.8. The van der Waals surface area contributed by atoms with Crippen molar-refractivity contribution >= 4 is 11.8 Å². The molecule has 2 unspecified atom stereocenters. The summed E-state index contributed by atoms with van der Waals surface area (Å²) in [6.07, 6.45) is 3.72. The SMILES string of the molecule is CC(C)NC1(CO)CCCC(Sc2ccc(F)cc2F)C1. The quantitative estimate of drug-likeness (QED) is 0.868. The summed E-state index contributed by atoms with van der Waals surface area (Å²) >= 11 is 1.45. The maximum Gasteiger partial charge on any atom is 0.139 e. The average Bonchev–Trinajstić information content (AvgIpc) is 2.41. The number of thioether (sulfide) groups is 1. The molecule has 1 aromatic carbocycles. The van der Waals surface area contributed by atoms with E-state index in [4.69, 9.17) is 0 Å². The zero-order valence-electron chi connectivity index (χ0n) is 12.5. The van der Waals surface area contributed by atoms with E-state index >= 15 is 0 Å². The molecule has 0 saturated heterocycles. The van der Waals surface area contributed by atoms with Crippen molar-refractivity contribution in [2.45, 2.75) is 61.3 Å². The molecule has 2 rings (SSSR count). The molecule has 0 aromatic heterocycles. The molecule has 0 aliphatic heterocycles. The van der Waals surface area contributed by atoms with Gasteiger partial charge in [-0.1, -0.05) is 20.3 Å². The smallest absolute Gasteiger partial charge is 0.139 e. The Bertz CT molecular complexity index is 483. The number of benzene rings is 1. The average molecular weight is 315 g/mol. The standard InChI is InChI=1S/C16H23F2NOS/c1-11(2)19-16(10-20)7-3-4-13(9-16)21-15-6-5-12(17)8-14(15)18/h5-6,8,11,13,19-20H,3-4,7,9-10H2,1-2H3. The lowest BCUT2D eigenvalue weighted by molar-refractivity contribution is 0.115. The Balaban J connectivity index is 2.06. The largest absolute Gasteiger partial charge is 0.394 e. The van der Waals surface area contributed by atoms with Crippen LogP contribution in [0.4, 0.5) is 8.78 Å². The van der Waals surface area contributed by atoms with Gasteiger partial charge in [0.25, 0.3) is 0 Å². The van der Waals surface area contributed by atoms with Gasteiger partial charge < -0.3 is 10.4 Å². The van der Waals surface area contributed by atoms with Gasteiger partial charge in [0.1, 0.15) is 11.6 Å². The number of aliphatic hydroxyl groups is 1. The molecule has 118 valence electrons. The third kappa shape index (κ3) is 4.41. The van der Waals surface area contributed by atoms with Gasteiger partial charge >= 0.3 is 0 Å². The van der Waals surface area contributed by atoms with Gasteiger partial charge in [0, 0.05) is 27.8 Å². The van der Waals surface area contributed by atoms with Gasteiger partial charge in [-0.25, -0.2) is 8.78 Å². The summed E-state index contributed by atoms with van der Waals surface area (Å²) < 4.78 is 26.7.